The maximum absolute atomic E-state index is 12.3. The number of nitrogens with one attached hydrogen (secondary N) is 1. The number of rotatable bonds is 3. The number of hydrogen-bond acceptors (Lipinski definition) is 3. The second-order valence-electron chi connectivity index (χ2n) is 4.39. The number of hydrogen-bond donors (Lipinski definition) is 2. The number of amides is 2. The molecule has 0 spiro atoms. The Labute approximate surface area is 111 Å². The highest BCUT2D eigenvalue weighted by molar-refractivity contribution is 6.44. The summed E-state index contributed by atoms with van der Waals surface area (Å²) in [5.41, 5.74) is 6.51. The third kappa shape index (κ3) is 2.40. The summed E-state index contributed by atoms with van der Waals surface area (Å²) in [4.78, 5) is 25.0. The predicted molar refractivity (Wildman–Crippen MR) is 73.0 cm³/mol. The highest BCUT2D eigenvalue weighted by Gasteiger charge is 2.28. The molecule has 98 valence electrons. The van der Waals surface area contributed by atoms with Crippen molar-refractivity contribution in [3.63, 3.8) is 0 Å². The van der Waals surface area contributed by atoms with Crippen LogP contribution in [0.1, 0.15) is 13.3 Å². The Morgan fingerprint density at radius 1 is 1.32 bits per heavy atom. The van der Waals surface area contributed by atoms with Gasteiger partial charge in [-0.25, -0.2) is 0 Å². The van der Waals surface area contributed by atoms with Gasteiger partial charge in [0.15, 0.2) is 0 Å². The van der Waals surface area contributed by atoms with Gasteiger partial charge in [-0.1, -0.05) is 18.2 Å². The number of primary amides is 1. The first-order chi connectivity index (χ1) is 9.02. The van der Waals surface area contributed by atoms with Crippen molar-refractivity contribution in [1.82, 2.24) is 0 Å². The van der Waals surface area contributed by atoms with E-state index in [0.717, 1.165) is 5.69 Å². The van der Waals surface area contributed by atoms with Gasteiger partial charge in [0.05, 0.1) is 0 Å². The van der Waals surface area contributed by atoms with Crippen molar-refractivity contribution in [2.75, 3.05) is 11.4 Å². The van der Waals surface area contributed by atoms with Crippen LogP contribution in [0.25, 0.3) is 0 Å². The molecule has 19 heavy (non-hydrogen) atoms. The molecule has 1 heterocycles. The summed E-state index contributed by atoms with van der Waals surface area (Å²) in [5.74, 6) is -0.978. The number of carbonyl (C=O) groups excluding carboxylic acids is 2. The Morgan fingerprint density at radius 3 is 2.53 bits per heavy atom. The van der Waals surface area contributed by atoms with E-state index in [1.807, 2.05) is 30.3 Å². The smallest absolute Gasteiger partial charge is 0.266 e. The van der Waals surface area contributed by atoms with Gasteiger partial charge in [0, 0.05) is 17.8 Å². The summed E-state index contributed by atoms with van der Waals surface area (Å²) in [6.45, 7) is 2.08. The molecule has 0 saturated carbocycles. The zero-order valence-corrected chi connectivity index (χ0v) is 10.6. The Bertz CT molecular complexity index is 576. The predicted octanol–water partition coefficient (Wildman–Crippen LogP) is 1.24. The summed E-state index contributed by atoms with van der Waals surface area (Å²) in [6.07, 6.45) is 0.467. The molecule has 1 aromatic rings. The quantitative estimate of drug-likeness (QED) is 0.798. The fraction of sp³-hybridized carbons (Fsp3) is 0.214. The van der Waals surface area contributed by atoms with Crippen LogP contribution in [0, 0.1) is 5.41 Å². The minimum atomic E-state index is -0.796. The zero-order chi connectivity index (χ0) is 14.0. The molecule has 2 rings (SSSR count). The lowest BCUT2D eigenvalue weighted by molar-refractivity contribution is -0.115. The molecule has 5 heteroatoms. The Morgan fingerprint density at radius 2 is 1.95 bits per heavy atom. The average molecular weight is 257 g/mol. The normalized spacial score (nSPS) is 15.6. The standard InChI is InChI=1S/C14H15N3O2/c1-9-11(12(15)13(16)18)7-8-17(14(9)19)10-5-3-2-4-6-10/h2-6,15H,7-8H2,1H3,(H2,16,18). The van der Waals surface area contributed by atoms with Gasteiger partial charge in [0.25, 0.3) is 11.8 Å². The first-order valence-corrected chi connectivity index (χ1v) is 5.97. The number of nitrogens with two attached hydrogens (primary N) is 1. The number of anilines is 1. The van der Waals surface area contributed by atoms with E-state index in [9.17, 15) is 9.59 Å². The van der Waals surface area contributed by atoms with E-state index in [0.29, 0.717) is 24.1 Å². The molecule has 0 unspecified atom stereocenters. The van der Waals surface area contributed by atoms with Gasteiger partial charge in [-0.15, -0.1) is 0 Å². The van der Waals surface area contributed by atoms with E-state index in [-0.39, 0.29) is 11.6 Å². The molecule has 0 aromatic heterocycles. The molecule has 1 aromatic carbocycles. The summed E-state index contributed by atoms with van der Waals surface area (Å²) in [7, 11) is 0. The zero-order valence-electron chi connectivity index (χ0n) is 10.6. The van der Waals surface area contributed by atoms with E-state index in [4.69, 9.17) is 11.1 Å². The van der Waals surface area contributed by atoms with Gasteiger partial charge in [-0.05, 0) is 31.1 Å². The second kappa shape index (κ2) is 5.06. The maximum Gasteiger partial charge on any atom is 0.266 e. The number of carbonyl (C=O) groups is 2. The largest absolute Gasteiger partial charge is 0.364 e. The van der Waals surface area contributed by atoms with E-state index in [2.05, 4.69) is 0 Å². The van der Waals surface area contributed by atoms with Crippen LogP contribution in [-0.4, -0.2) is 24.1 Å². The second-order valence-corrected chi connectivity index (χ2v) is 4.39. The van der Waals surface area contributed by atoms with E-state index >= 15 is 0 Å². The summed E-state index contributed by atoms with van der Waals surface area (Å²) in [6, 6.07) is 9.32. The fourth-order valence-corrected chi connectivity index (χ4v) is 2.16. The molecule has 0 radical (unpaired) electrons. The maximum atomic E-state index is 12.3. The van der Waals surface area contributed by atoms with E-state index in [1.165, 1.54) is 0 Å². The number of para-hydroxylation sites is 1. The van der Waals surface area contributed by atoms with Crippen molar-refractivity contribution in [1.29, 1.82) is 5.41 Å². The van der Waals surface area contributed by atoms with Crippen LogP contribution in [0.5, 0.6) is 0 Å². The van der Waals surface area contributed by atoms with Crippen molar-refractivity contribution in [3.05, 3.63) is 41.5 Å². The summed E-state index contributed by atoms with van der Waals surface area (Å²) in [5, 5.41) is 7.63. The molecule has 1 aliphatic rings. The lowest BCUT2D eigenvalue weighted by atomic mass is 9.95. The first kappa shape index (κ1) is 13.0. The van der Waals surface area contributed by atoms with Gasteiger partial charge >= 0.3 is 0 Å². The third-order valence-electron chi connectivity index (χ3n) is 3.22. The molecule has 3 N–H and O–H groups in total. The Kier molecular flexibility index (Phi) is 3.46. The van der Waals surface area contributed by atoms with Gasteiger partial charge in [0.2, 0.25) is 0 Å². The molecule has 0 saturated heterocycles. The third-order valence-corrected chi connectivity index (χ3v) is 3.22. The average Bonchev–Trinajstić information content (AvgIpc) is 2.42. The van der Waals surface area contributed by atoms with Crippen LogP contribution in [-0.2, 0) is 9.59 Å². The molecule has 0 fully saturated rings. The first-order valence-electron chi connectivity index (χ1n) is 5.97. The monoisotopic (exact) mass is 257 g/mol. The fourth-order valence-electron chi connectivity index (χ4n) is 2.16. The van der Waals surface area contributed by atoms with Crippen LogP contribution >= 0.6 is 0 Å². The van der Waals surface area contributed by atoms with E-state index < -0.39 is 5.91 Å². The highest BCUT2D eigenvalue weighted by Crippen LogP contribution is 2.25. The van der Waals surface area contributed by atoms with Crippen LogP contribution < -0.4 is 10.6 Å². The topological polar surface area (TPSA) is 87.2 Å². The molecular formula is C14H15N3O2. The minimum Gasteiger partial charge on any atom is -0.364 e. The van der Waals surface area contributed by atoms with Gasteiger partial charge in [0.1, 0.15) is 5.71 Å². The van der Waals surface area contributed by atoms with Crippen LogP contribution in [0.2, 0.25) is 0 Å². The summed E-state index contributed by atoms with van der Waals surface area (Å²) >= 11 is 0. The molecule has 1 aliphatic heterocycles. The highest BCUT2D eigenvalue weighted by atomic mass is 16.2. The molecule has 2 amide bonds. The van der Waals surface area contributed by atoms with Crippen LogP contribution in [0.3, 0.4) is 0 Å². The van der Waals surface area contributed by atoms with Gasteiger partial charge in [-0.2, -0.15) is 0 Å². The lowest BCUT2D eigenvalue weighted by Crippen LogP contribution is -2.39. The van der Waals surface area contributed by atoms with Crippen molar-refractivity contribution in [2.45, 2.75) is 13.3 Å². The molecule has 0 bridgehead atoms. The van der Waals surface area contributed by atoms with Crippen LogP contribution in [0.4, 0.5) is 5.69 Å². The van der Waals surface area contributed by atoms with Crippen molar-refractivity contribution in [2.24, 2.45) is 5.73 Å². The lowest BCUT2D eigenvalue weighted by Gasteiger charge is -2.29. The molecule has 5 nitrogen and oxygen atoms in total. The van der Waals surface area contributed by atoms with Crippen molar-refractivity contribution >= 4 is 23.2 Å². The van der Waals surface area contributed by atoms with Crippen molar-refractivity contribution < 1.29 is 9.59 Å². The van der Waals surface area contributed by atoms with E-state index in [1.54, 1.807) is 11.8 Å². The molecule has 0 aliphatic carbocycles. The minimum absolute atomic E-state index is 0.182. The van der Waals surface area contributed by atoms with Crippen molar-refractivity contribution in [3.8, 4) is 0 Å². The molecule has 0 atom stereocenters. The van der Waals surface area contributed by atoms with Gasteiger partial charge in [-0.3, -0.25) is 15.0 Å². The molecular weight excluding hydrogens is 242 g/mol. The summed E-state index contributed by atoms with van der Waals surface area (Å²) < 4.78 is 0. The Hall–Kier alpha value is -2.43. The SMILES string of the molecule is CC1=C(C(=N)C(N)=O)CCN(c2ccccc2)C1=O. The van der Waals surface area contributed by atoms with Crippen LogP contribution in [0.15, 0.2) is 41.5 Å². The Balaban J connectivity index is 2.33. The van der Waals surface area contributed by atoms with Gasteiger partial charge < -0.3 is 10.6 Å². The number of benzene rings is 1. The number of nitrogens with zero attached hydrogens (tertiary/aromatic N) is 1.